The van der Waals surface area contributed by atoms with Gasteiger partial charge in [0.05, 0.1) is 5.56 Å². The van der Waals surface area contributed by atoms with E-state index in [0.29, 0.717) is 18.5 Å². The van der Waals surface area contributed by atoms with E-state index in [9.17, 15) is 18.0 Å². The molecule has 3 nitrogen and oxygen atoms in total. The molecule has 1 fully saturated rings. The summed E-state index contributed by atoms with van der Waals surface area (Å²) in [6, 6.07) is 4.45. The van der Waals surface area contributed by atoms with Gasteiger partial charge in [0.1, 0.15) is 6.04 Å². The molecule has 0 aliphatic carbocycles. The summed E-state index contributed by atoms with van der Waals surface area (Å²) in [4.78, 5) is 12.7. The number of likely N-dealkylation sites (tertiary alicyclic amines) is 1. The number of hydrogen-bond acceptors (Lipinski definition) is 2. The van der Waals surface area contributed by atoms with Gasteiger partial charge in [-0.15, -0.1) is 0 Å². The van der Waals surface area contributed by atoms with Crippen molar-refractivity contribution in [3.05, 3.63) is 35.4 Å². The van der Waals surface area contributed by atoms with Gasteiger partial charge in [-0.25, -0.2) is 0 Å². The molecular weight excluding hydrogens is 266 g/mol. The second-order valence-corrected chi connectivity index (χ2v) is 4.66. The van der Waals surface area contributed by atoms with Crippen LogP contribution in [-0.4, -0.2) is 28.6 Å². The average Bonchev–Trinajstić information content (AvgIpc) is 2.76. The number of aliphatic carboxylic acids is 1. The van der Waals surface area contributed by atoms with E-state index in [1.54, 1.807) is 11.0 Å². The molecule has 1 N–H and O–H groups in total. The van der Waals surface area contributed by atoms with Crippen LogP contribution in [0.4, 0.5) is 13.2 Å². The van der Waals surface area contributed by atoms with Crippen molar-refractivity contribution in [3.8, 4) is 0 Å². The Morgan fingerprint density at radius 2 is 2.15 bits per heavy atom. The molecule has 1 atom stereocenters. The molecule has 1 heterocycles. The molecule has 1 unspecified atom stereocenters. The largest absolute Gasteiger partial charge is 1.00 e. The second kappa shape index (κ2) is 6.66. The third kappa shape index (κ3) is 4.01. The molecule has 1 aliphatic heterocycles. The van der Waals surface area contributed by atoms with E-state index in [2.05, 4.69) is 0 Å². The summed E-state index contributed by atoms with van der Waals surface area (Å²) in [6.45, 7) is 0.841. The van der Waals surface area contributed by atoms with E-state index in [4.69, 9.17) is 5.11 Å². The van der Waals surface area contributed by atoms with Gasteiger partial charge in [-0.1, -0.05) is 18.2 Å². The van der Waals surface area contributed by atoms with Crippen molar-refractivity contribution in [2.75, 3.05) is 6.54 Å². The third-order valence-electron chi connectivity index (χ3n) is 3.29. The van der Waals surface area contributed by atoms with E-state index in [1.165, 1.54) is 6.07 Å². The third-order valence-corrected chi connectivity index (χ3v) is 3.29. The average molecular weight is 281 g/mol. The Morgan fingerprint density at radius 3 is 2.75 bits per heavy atom. The molecule has 0 spiro atoms. The molecule has 20 heavy (non-hydrogen) atoms. The quantitative estimate of drug-likeness (QED) is 0.785. The van der Waals surface area contributed by atoms with Crippen LogP contribution in [0.2, 0.25) is 0 Å². The maximum absolute atomic E-state index is 12.6. The Morgan fingerprint density at radius 1 is 1.45 bits per heavy atom. The molecule has 1 aliphatic rings. The summed E-state index contributed by atoms with van der Waals surface area (Å²) in [5.41, 5.74) is -0.209. The summed E-state index contributed by atoms with van der Waals surface area (Å²) in [5.74, 6) is -0.913. The van der Waals surface area contributed by atoms with Crippen molar-refractivity contribution in [2.24, 2.45) is 0 Å². The number of benzene rings is 1. The molecule has 106 valence electrons. The fraction of sp³-hybridized carbons (Fsp3) is 0.462. The zero-order chi connectivity index (χ0) is 14.0. The molecule has 7 heteroatoms. The van der Waals surface area contributed by atoms with Crippen LogP contribution in [0.3, 0.4) is 0 Å². The molecule has 0 aromatic heterocycles. The Kier molecular flexibility index (Phi) is 5.69. The molecule has 0 amide bonds. The number of rotatable bonds is 3. The van der Waals surface area contributed by atoms with Crippen LogP contribution in [0.1, 0.15) is 25.4 Å². The van der Waals surface area contributed by atoms with Crippen LogP contribution in [-0.2, 0) is 17.5 Å². The Bertz CT molecular complexity index is 485. The summed E-state index contributed by atoms with van der Waals surface area (Å²) in [7, 11) is 0. The second-order valence-electron chi connectivity index (χ2n) is 4.66. The first-order chi connectivity index (χ1) is 8.88. The van der Waals surface area contributed by atoms with Crippen LogP contribution in [0.15, 0.2) is 24.3 Å². The van der Waals surface area contributed by atoms with Gasteiger partial charge >= 0.3 is 31.0 Å². The van der Waals surface area contributed by atoms with Crippen molar-refractivity contribution < 1.29 is 43.4 Å². The Hall–Kier alpha value is -0.963. The SMILES string of the molecule is O=C(O)C1CCCN1Cc1cccc(C(F)(F)F)c1.[H-].[Li+]. The minimum absolute atomic E-state index is 0. The molecular formula is C13H15F3LiNO2. The maximum atomic E-state index is 12.6. The first kappa shape index (κ1) is 17.1. The van der Waals surface area contributed by atoms with E-state index in [0.717, 1.165) is 18.6 Å². The number of carboxylic acids is 1. The number of hydrogen-bond donors (Lipinski definition) is 1. The molecule has 0 bridgehead atoms. The van der Waals surface area contributed by atoms with Crippen molar-refractivity contribution in [3.63, 3.8) is 0 Å². The number of halogens is 3. The predicted molar refractivity (Wildman–Crippen MR) is 63.6 cm³/mol. The van der Waals surface area contributed by atoms with Crippen LogP contribution in [0.25, 0.3) is 0 Å². The van der Waals surface area contributed by atoms with Crippen LogP contribution in [0.5, 0.6) is 0 Å². The van der Waals surface area contributed by atoms with Crippen LogP contribution in [0, 0.1) is 0 Å². The molecule has 1 aromatic rings. The van der Waals surface area contributed by atoms with Crippen LogP contribution < -0.4 is 18.9 Å². The monoisotopic (exact) mass is 281 g/mol. The van der Waals surface area contributed by atoms with E-state index < -0.39 is 23.8 Å². The number of carbonyl (C=O) groups is 1. The van der Waals surface area contributed by atoms with Gasteiger partial charge in [-0.3, -0.25) is 9.69 Å². The van der Waals surface area contributed by atoms with Crippen molar-refractivity contribution >= 4 is 5.97 Å². The van der Waals surface area contributed by atoms with Gasteiger partial charge in [0.15, 0.2) is 0 Å². The fourth-order valence-electron chi connectivity index (χ4n) is 2.38. The molecule has 0 radical (unpaired) electrons. The van der Waals surface area contributed by atoms with Crippen molar-refractivity contribution in [2.45, 2.75) is 31.6 Å². The minimum Gasteiger partial charge on any atom is -1.00 e. The van der Waals surface area contributed by atoms with E-state index in [1.807, 2.05) is 0 Å². The molecule has 1 saturated heterocycles. The summed E-state index contributed by atoms with van der Waals surface area (Å²) in [5, 5.41) is 9.02. The minimum atomic E-state index is -4.37. The standard InChI is InChI=1S/C13H14F3NO2.Li.H/c14-13(15,16)10-4-1-3-9(7-10)8-17-6-2-5-11(17)12(18)19;;/h1,3-4,7,11H,2,5-6,8H2,(H,18,19);;/q;+1;-1. The van der Waals surface area contributed by atoms with Gasteiger partial charge in [-0.05, 0) is 31.0 Å². The van der Waals surface area contributed by atoms with Gasteiger partial charge in [0, 0.05) is 6.54 Å². The predicted octanol–water partition coefficient (Wildman–Crippen LogP) is -0.129. The Balaban J connectivity index is 0.00000200. The topological polar surface area (TPSA) is 40.5 Å². The smallest absolute Gasteiger partial charge is 1.00 e. The number of carboxylic acid groups (broad SMARTS) is 1. The van der Waals surface area contributed by atoms with Gasteiger partial charge in [-0.2, -0.15) is 13.2 Å². The summed E-state index contributed by atoms with van der Waals surface area (Å²) < 4.78 is 37.7. The molecule has 1 aromatic carbocycles. The Labute approximate surface area is 128 Å². The summed E-state index contributed by atoms with van der Waals surface area (Å²) in [6.07, 6.45) is -3.06. The maximum Gasteiger partial charge on any atom is 1.00 e. The normalized spacial score (nSPS) is 19.6. The molecule has 2 rings (SSSR count). The first-order valence-electron chi connectivity index (χ1n) is 6.01. The van der Waals surface area contributed by atoms with Gasteiger partial charge in [0.25, 0.3) is 0 Å². The zero-order valence-electron chi connectivity index (χ0n) is 12.2. The van der Waals surface area contributed by atoms with Gasteiger partial charge in [0.2, 0.25) is 0 Å². The number of alkyl halides is 3. The van der Waals surface area contributed by atoms with E-state index >= 15 is 0 Å². The zero-order valence-corrected chi connectivity index (χ0v) is 11.2. The van der Waals surface area contributed by atoms with Crippen molar-refractivity contribution in [1.29, 1.82) is 0 Å². The molecule has 0 saturated carbocycles. The first-order valence-corrected chi connectivity index (χ1v) is 6.01. The number of nitrogens with zero attached hydrogens (tertiary/aromatic N) is 1. The van der Waals surface area contributed by atoms with Crippen molar-refractivity contribution in [1.82, 2.24) is 4.90 Å². The van der Waals surface area contributed by atoms with E-state index in [-0.39, 0.29) is 26.8 Å². The van der Waals surface area contributed by atoms with Gasteiger partial charge < -0.3 is 6.53 Å². The fourth-order valence-corrected chi connectivity index (χ4v) is 2.38. The summed E-state index contributed by atoms with van der Waals surface area (Å²) >= 11 is 0. The van der Waals surface area contributed by atoms with Crippen LogP contribution >= 0.6 is 0 Å².